The van der Waals surface area contributed by atoms with Crippen molar-refractivity contribution < 1.29 is 22.8 Å². The molecule has 0 aromatic heterocycles. The van der Waals surface area contributed by atoms with Crippen LogP contribution in [0.3, 0.4) is 0 Å². The summed E-state index contributed by atoms with van der Waals surface area (Å²) in [6.07, 6.45) is 0. The highest BCUT2D eigenvalue weighted by Crippen LogP contribution is 2.29. The number of fused-ring (bicyclic) bond motifs is 1. The molecule has 31 heavy (non-hydrogen) atoms. The Morgan fingerprint density at radius 1 is 0.839 bits per heavy atom. The summed E-state index contributed by atoms with van der Waals surface area (Å²) in [5, 5.41) is 2.65. The number of imide groups is 1. The first-order chi connectivity index (χ1) is 14.8. The maximum Gasteiger partial charge on any atom is 0.263 e. The van der Waals surface area contributed by atoms with Gasteiger partial charge in [0, 0.05) is 18.3 Å². The second-order valence-corrected chi connectivity index (χ2v) is 8.53. The second kappa shape index (κ2) is 7.69. The van der Waals surface area contributed by atoms with Gasteiger partial charge in [0.15, 0.2) is 0 Å². The van der Waals surface area contributed by atoms with E-state index in [1.165, 1.54) is 49.5 Å². The molecule has 2 N–H and O–H groups in total. The highest BCUT2D eigenvalue weighted by atomic mass is 32.2. The molecule has 0 unspecified atom stereocenters. The van der Waals surface area contributed by atoms with Gasteiger partial charge in [-0.15, -0.1) is 0 Å². The zero-order valence-corrected chi connectivity index (χ0v) is 17.1. The molecule has 0 radical (unpaired) electrons. The van der Waals surface area contributed by atoms with Crippen molar-refractivity contribution in [2.45, 2.75) is 4.90 Å². The van der Waals surface area contributed by atoms with E-state index < -0.39 is 27.7 Å². The monoisotopic (exact) mass is 435 g/mol. The molecule has 156 valence electrons. The first-order valence-corrected chi connectivity index (χ1v) is 10.7. The molecule has 0 saturated carbocycles. The highest BCUT2D eigenvalue weighted by molar-refractivity contribution is 7.92. The lowest BCUT2D eigenvalue weighted by Gasteiger charge is -2.10. The first kappa shape index (κ1) is 20.3. The third kappa shape index (κ3) is 3.78. The Kier molecular flexibility index (Phi) is 5.04. The number of hydrogen-bond donors (Lipinski definition) is 2. The van der Waals surface area contributed by atoms with Crippen molar-refractivity contribution in [2.24, 2.45) is 0 Å². The van der Waals surface area contributed by atoms with E-state index in [9.17, 15) is 22.8 Å². The molecule has 3 aromatic rings. The number of hydrogen-bond acceptors (Lipinski definition) is 5. The fraction of sp³-hybridized carbons (Fsp3) is 0.0455. The van der Waals surface area contributed by atoms with Gasteiger partial charge in [-0.05, 0) is 48.5 Å². The summed E-state index contributed by atoms with van der Waals surface area (Å²) in [7, 11) is -2.36. The molecule has 1 aliphatic rings. The molecule has 0 aliphatic carbocycles. The van der Waals surface area contributed by atoms with E-state index in [1.807, 2.05) is 0 Å². The van der Waals surface area contributed by atoms with Gasteiger partial charge in [0.2, 0.25) is 0 Å². The standard InChI is InChI=1S/C22H17N3O5S/c1-25-21(27)17-8-5-9-18(19(17)22(25)28)23-20(26)14-10-12-15(13-11-14)24-31(29,30)16-6-3-2-4-7-16/h2-13,24H,1H3,(H,23,26). The van der Waals surface area contributed by atoms with E-state index >= 15 is 0 Å². The molecule has 0 spiro atoms. The van der Waals surface area contributed by atoms with Gasteiger partial charge in [-0.1, -0.05) is 24.3 Å². The van der Waals surface area contributed by atoms with Crippen LogP contribution < -0.4 is 10.0 Å². The van der Waals surface area contributed by atoms with Crippen LogP contribution in [0.1, 0.15) is 31.1 Å². The van der Waals surface area contributed by atoms with Crippen molar-refractivity contribution in [3.05, 3.63) is 89.5 Å². The number of nitrogens with one attached hydrogen (secondary N) is 2. The molecule has 0 fully saturated rings. The number of rotatable bonds is 5. The molecule has 1 heterocycles. The lowest BCUT2D eigenvalue weighted by molar-refractivity contribution is 0.0693. The summed E-state index contributed by atoms with van der Waals surface area (Å²) in [5.74, 6) is -1.41. The molecule has 8 nitrogen and oxygen atoms in total. The van der Waals surface area contributed by atoms with Crippen LogP contribution in [0.2, 0.25) is 0 Å². The summed E-state index contributed by atoms with van der Waals surface area (Å²) in [5.41, 5.74) is 1.17. The number of carbonyl (C=O) groups is 3. The van der Waals surface area contributed by atoms with Gasteiger partial charge in [-0.3, -0.25) is 24.0 Å². The normalized spacial score (nSPS) is 13.1. The van der Waals surface area contributed by atoms with E-state index in [0.717, 1.165) is 4.90 Å². The lowest BCUT2D eigenvalue weighted by Crippen LogP contribution is -2.24. The smallest absolute Gasteiger partial charge is 0.263 e. The fourth-order valence-corrected chi connectivity index (χ4v) is 4.28. The van der Waals surface area contributed by atoms with Gasteiger partial charge in [-0.2, -0.15) is 0 Å². The van der Waals surface area contributed by atoms with E-state index in [2.05, 4.69) is 10.0 Å². The van der Waals surface area contributed by atoms with Gasteiger partial charge < -0.3 is 5.32 Å². The molecule has 1 aliphatic heterocycles. The number of amides is 3. The first-order valence-electron chi connectivity index (χ1n) is 9.22. The van der Waals surface area contributed by atoms with Crippen molar-refractivity contribution in [2.75, 3.05) is 17.1 Å². The largest absolute Gasteiger partial charge is 0.321 e. The van der Waals surface area contributed by atoms with E-state index in [-0.39, 0.29) is 27.3 Å². The quantitative estimate of drug-likeness (QED) is 0.599. The van der Waals surface area contributed by atoms with Crippen LogP contribution in [0.15, 0.2) is 77.7 Å². The number of benzene rings is 3. The average Bonchev–Trinajstić information content (AvgIpc) is 2.99. The zero-order chi connectivity index (χ0) is 22.2. The maximum absolute atomic E-state index is 12.6. The van der Waals surface area contributed by atoms with Crippen LogP contribution in [0.4, 0.5) is 11.4 Å². The summed E-state index contributed by atoms with van der Waals surface area (Å²) >= 11 is 0. The van der Waals surface area contributed by atoms with E-state index in [1.54, 1.807) is 30.3 Å². The summed E-state index contributed by atoms with van der Waals surface area (Å²) in [6.45, 7) is 0. The van der Waals surface area contributed by atoms with Crippen molar-refractivity contribution in [1.82, 2.24) is 4.90 Å². The minimum atomic E-state index is -3.74. The molecule has 0 atom stereocenters. The van der Waals surface area contributed by atoms with Crippen LogP contribution in [0.25, 0.3) is 0 Å². The van der Waals surface area contributed by atoms with Crippen LogP contribution >= 0.6 is 0 Å². The van der Waals surface area contributed by atoms with Crippen LogP contribution in [0, 0.1) is 0 Å². The van der Waals surface area contributed by atoms with Crippen molar-refractivity contribution in [1.29, 1.82) is 0 Å². The summed E-state index contributed by atoms with van der Waals surface area (Å²) < 4.78 is 27.3. The van der Waals surface area contributed by atoms with Gasteiger partial charge >= 0.3 is 0 Å². The van der Waals surface area contributed by atoms with Crippen LogP contribution in [0.5, 0.6) is 0 Å². The number of nitrogens with zero attached hydrogens (tertiary/aromatic N) is 1. The Bertz CT molecular complexity index is 1300. The van der Waals surface area contributed by atoms with Crippen LogP contribution in [-0.4, -0.2) is 38.1 Å². The number of anilines is 2. The minimum Gasteiger partial charge on any atom is -0.321 e. The van der Waals surface area contributed by atoms with Gasteiger partial charge in [0.1, 0.15) is 0 Å². The molecule has 0 saturated heterocycles. The van der Waals surface area contributed by atoms with E-state index in [0.29, 0.717) is 5.69 Å². The Balaban J connectivity index is 1.52. The van der Waals surface area contributed by atoms with Crippen molar-refractivity contribution in [3.8, 4) is 0 Å². The molecule has 3 amide bonds. The SMILES string of the molecule is CN1C(=O)c2cccc(NC(=O)c3ccc(NS(=O)(=O)c4ccccc4)cc3)c2C1=O. The molecule has 9 heteroatoms. The van der Waals surface area contributed by atoms with Crippen LogP contribution in [-0.2, 0) is 10.0 Å². The Hall–Kier alpha value is -3.98. The average molecular weight is 435 g/mol. The molecular formula is C22H17N3O5S. The summed E-state index contributed by atoms with van der Waals surface area (Å²) in [6, 6.07) is 18.4. The predicted molar refractivity (Wildman–Crippen MR) is 115 cm³/mol. The fourth-order valence-electron chi connectivity index (χ4n) is 3.20. The highest BCUT2D eigenvalue weighted by Gasteiger charge is 2.35. The third-order valence-corrected chi connectivity index (χ3v) is 6.22. The minimum absolute atomic E-state index is 0.124. The predicted octanol–water partition coefficient (Wildman–Crippen LogP) is 2.97. The van der Waals surface area contributed by atoms with Crippen molar-refractivity contribution in [3.63, 3.8) is 0 Å². The number of sulfonamides is 1. The van der Waals surface area contributed by atoms with Crippen molar-refractivity contribution >= 4 is 39.1 Å². The zero-order valence-electron chi connectivity index (χ0n) is 16.3. The molecule has 4 rings (SSSR count). The molecule has 3 aromatic carbocycles. The van der Waals surface area contributed by atoms with Gasteiger partial charge in [-0.25, -0.2) is 8.42 Å². The molecular weight excluding hydrogens is 418 g/mol. The van der Waals surface area contributed by atoms with Gasteiger partial charge in [0.25, 0.3) is 27.7 Å². The second-order valence-electron chi connectivity index (χ2n) is 6.85. The lowest BCUT2D eigenvalue weighted by atomic mass is 10.1. The Morgan fingerprint density at radius 3 is 2.19 bits per heavy atom. The summed E-state index contributed by atoms with van der Waals surface area (Å²) in [4.78, 5) is 38.2. The Labute approximate surface area is 178 Å². The Morgan fingerprint density at radius 2 is 1.52 bits per heavy atom. The molecule has 0 bridgehead atoms. The number of carbonyl (C=O) groups excluding carboxylic acids is 3. The maximum atomic E-state index is 12.6. The third-order valence-electron chi connectivity index (χ3n) is 4.82. The van der Waals surface area contributed by atoms with E-state index in [4.69, 9.17) is 0 Å². The van der Waals surface area contributed by atoms with Gasteiger partial charge in [0.05, 0.1) is 21.7 Å². The topological polar surface area (TPSA) is 113 Å².